The van der Waals surface area contributed by atoms with Gasteiger partial charge in [-0.25, -0.2) is 184 Å². The molecule has 0 spiro atoms. The molecule has 0 bridgehead atoms. The van der Waals surface area contributed by atoms with Crippen molar-refractivity contribution in [1.82, 2.24) is 0 Å². The molecule has 0 unspecified atom stereocenters. The van der Waals surface area contributed by atoms with Crippen LogP contribution in [-0.2, 0) is 0 Å². The summed E-state index contributed by atoms with van der Waals surface area (Å²) in [6.07, 6.45) is 0. The van der Waals surface area contributed by atoms with Crippen molar-refractivity contribution in [3.05, 3.63) is 251 Å². The van der Waals surface area contributed by atoms with Gasteiger partial charge in [-0.2, -0.15) is 0 Å². The Bertz CT molecular complexity index is 5160. The Labute approximate surface area is 550 Å². The Kier molecular flexibility index (Phi) is 19.4. The molecule has 106 heavy (non-hydrogen) atoms. The van der Waals surface area contributed by atoms with Crippen LogP contribution < -0.4 is 32.8 Å². The summed E-state index contributed by atoms with van der Waals surface area (Å²) < 4.78 is 627. The van der Waals surface area contributed by atoms with Gasteiger partial charge in [-0.05, 0) is 0 Å². The fourth-order valence-electron chi connectivity index (χ4n) is 11.4. The Morgan fingerprint density at radius 2 is 0.170 bits per heavy atom. The van der Waals surface area contributed by atoms with E-state index in [0.29, 0.717) is 0 Å². The summed E-state index contributed by atoms with van der Waals surface area (Å²) in [5, 5.41) is -24.9. The van der Waals surface area contributed by atoms with E-state index in [-0.39, 0.29) is 0 Å². The van der Waals surface area contributed by atoms with E-state index in [4.69, 9.17) is 11.8 Å². The van der Waals surface area contributed by atoms with E-state index in [0.717, 1.165) is 0 Å². The normalized spacial score (nSPS) is 11.7. The first-order valence-corrected chi connectivity index (χ1v) is 26.4. The Hall–Kier alpha value is -11.1. The van der Waals surface area contributed by atoms with Crippen molar-refractivity contribution in [3.8, 4) is 0 Å². The molecule has 0 saturated heterocycles. The van der Waals surface area contributed by atoms with Crippen molar-refractivity contribution in [2.75, 3.05) is 0 Å². The van der Waals surface area contributed by atoms with Crippen LogP contribution in [-0.4, -0.2) is 13.4 Å². The van der Waals surface area contributed by atoms with E-state index in [1.165, 1.54) is 0 Å². The molecule has 0 aliphatic heterocycles. The summed E-state index contributed by atoms with van der Waals surface area (Å²) in [7, 11) is 0. The van der Waals surface area contributed by atoms with Gasteiger partial charge in [-0.15, -0.1) is 0 Å². The molecule has 12 aromatic carbocycles. The van der Waals surface area contributed by atoms with Gasteiger partial charge in [-0.1, -0.05) is 0 Å². The second kappa shape index (κ2) is 26.5. The highest BCUT2D eigenvalue weighted by Gasteiger charge is 2.49. The number of halogens is 42. The number of rotatable bonds is 6. The number of hydrogen-bond acceptors (Lipinski definition) is 1. The average molecular weight is 1570 g/mol. The molecule has 0 aromatic heterocycles. The smallest absolute Gasteiger partial charge is 0.264 e. The van der Waals surface area contributed by atoms with Gasteiger partial charge in [0, 0.05) is 32.8 Å². The number of fused-ring (bicyclic) bond motifs is 6. The summed E-state index contributed by atoms with van der Waals surface area (Å²) in [5.41, 5.74) is -17.8. The molecule has 0 radical (unpaired) electrons. The van der Waals surface area contributed by atoms with Crippen LogP contribution in [0.2, 0.25) is 0 Å². The summed E-state index contributed by atoms with van der Waals surface area (Å²) in [6.45, 7) is -4.06. The predicted octanol–water partition coefficient (Wildman–Crippen LogP) is 17.3. The van der Waals surface area contributed by atoms with Crippen LogP contribution in [0.25, 0.3) is 64.6 Å². The summed E-state index contributed by atoms with van der Waals surface area (Å²) in [6, 6.07) is 0. The first-order valence-electron chi connectivity index (χ1n) is 26.4. The molecule has 12 aromatic rings. The molecule has 0 N–H and O–H groups in total. The maximum absolute atomic E-state index is 16.1. The Morgan fingerprint density at radius 3 is 0.255 bits per heavy atom. The molecular formula is C61B2F42N-. The van der Waals surface area contributed by atoms with Gasteiger partial charge in [-0.3, -0.25) is 0 Å². The standard InChI is InChI=1S/2C30BF21.CN/c2*32-10-1-4(19(41)28(50)25(47)16(1)38)13(35)22(44)7(10)31(8-11(33)2-5(14(36)23(8)45)20(42)29(51)26(48)17(2)39)9-12(34)3-6(15(37)24(9)46)21(43)30(52)27(49)18(3)40;1-2/q;;-1. The van der Waals surface area contributed by atoms with Crippen molar-refractivity contribution >= 4 is 111 Å². The van der Waals surface area contributed by atoms with Gasteiger partial charge in [0.1, 0.15) is 34.9 Å². The second-order valence-electron chi connectivity index (χ2n) is 21.0. The maximum atomic E-state index is 16.1. The molecule has 0 fully saturated rings. The first-order chi connectivity index (χ1) is 49.2. The molecular weight excluding hydrogens is 1570 g/mol. The minimum absolute atomic E-state index is 2.54. The van der Waals surface area contributed by atoms with Crippen LogP contribution in [0.1, 0.15) is 0 Å². The lowest BCUT2D eigenvalue weighted by atomic mass is 9.35. The number of hydrogen-bond donors (Lipinski definition) is 0. The van der Waals surface area contributed by atoms with Crippen LogP contribution in [0.5, 0.6) is 0 Å². The third-order valence-electron chi connectivity index (χ3n) is 16.0. The summed E-state index contributed by atoms with van der Waals surface area (Å²) in [4.78, 5) is 0. The van der Waals surface area contributed by atoms with Gasteiger partial charge in [0.05, 0.1) is 64.6 Å². The fourth-order valence-corrected chi connectivity index (χ4v) is 11.4. The van der Waals surface area contributed by atoms with E-state index in [9.17, 15) is 105 Å². The lowest BCUT2D eigenvalue weighted by molar-refractivity contribution is 0.412. The van der Waals surface area contributed by atoms with Crippen LogP contribution in [0.4, 0.5) is 184 Å². The minimum atomic E-state index is -4.40. The molecule has 550 valence electrons. The zero-order chi connectivity index (χ0) is 79.8. The molecule has 12 rings (SSSR count). The Balaban J connectivity index is 0.000000222. The third-order valence-corrected chi connectivity index (χ3v) is 16.0. The fraction of sp³-hybridized carbons (Fsp3) is 0. The van der Waals surface area contributed by atoms with E-state index >= 15 is 79.0 Å². The molecule has 0 aliphatic rings. The van der Waals surface area contributed by atoms with E-state index in [1.54, 1.807) is 0 Å². The summed E-state index contributed by atoms with van der Waals surface area (Å²) in [5.74, 6) is -130. The number of benzene rings is 12. The number of nitrogens with zero attached hydrogens (tertiary/aromatic N) is 1. The van der Waals surface area contributed by atoms with E-state index in [2.05, 4.69) is 0 Å². The van der Waals surface area contributed by atoms with Crippen LogP contribution in [0.15, 0.2) is 0 Å². The maximum Gasteiger partial charge on any atom is 0.264 e. The molecule has 0 aliphatic carbocycles. The van der Waals surface area contributed by atoms with E-state index in [1.807, 2.05) is 0 Å². The zero-order valence-corrected chi connectivity index (χ0v) is 48.0. The average Bonchev–Trinajstić information content (AvgIpc) is 0.707. The van der Waals surface area contributed by atoms with Crippen molar-refractivity contribution in [2.24, 2.45) is 0 Å². The summed E-state index contributed by atoms with van der Waals surface area (Å²) >= 11 is 0. The minimum Gasteiger partial charge on any atom is -0.512 e. The predicted molar refractivity (Wildman–Crippen MR) is 276 cm³/mol. The molecule has 1 nitrogen and oxygen atoms in total. The van der Waals surface area contributed by atoms with Gasteiger partial charge in [0.15, 0.2) is 209 Å². The largest absolute Gasteiger partial charge is 0.512 e. The van der Waals surface area contributed by atoms with Gasteiger partial charge >= 0.3 is 0 Å². The highest BCUT2D eigenvalue weighted by Crippen LogP contribution is 2.41. The Morgan fingerprint density at radius 1 is 0.104 bits per heavy atom. The topological polar surface area (TPSA) is 23.8 Å². The van der Waals surface area contributed by atoms with E-state index < -0.39 is 355 Å². The lowest BCUT2D eigenvalue weighted by Gasteiger charge is -2.23. The van der Waals surface area contributed by atoms with Crippen molar-refractivity contribution in [2.45, 2.75) is 0 Å². The molecule has 0 heterocycles. The van der Waals surface area contributed by atoms with Crippen molar-refractivity contribution in [3.63, 3.8) is 0 Å². The van der Waals surface area contributed by atoms with Gasteiger partial charge < -0.3 is 11.8 Å². The van der Waals surface area contributed by atoms with Crippen LogP contribution in [0, 0.1) is 256 Å². The lowest BCUT2D eigenvalue weighted by Crippen LogP contribution is -2.60. The molecule has 0 atom stereocenters. The zero-order valence-electron chi connectivity index (χ0n) is 48.0. The van der Waals surface area contributed by atoms with Crippen molar-refractivity contribution < 1.29 is 184 Å². The van der Waals surface area contributed by atoms with Gasteiger partial charge in [0.2, 0.25) is 0 Å². The highest BCUT2D eigenvalue weighted by atomic mass is 19.2. The first kappa shape index (κ1) is 77.5. The molecule has 45 heteroatoms. The van der Waals surface area contributed by atoms with Crippen LogP contribution >= 0.6 is 0 Å². The van der Waals surface area contributed by atoms with Gasteiger partial charge in [0.25, 0.3) is 13.4 Å². The SMILES string of the molecule is Fc1c(F)c(F)c2c(F)c(B(c3c(F)c(F)c4c(F)c(F)c(F)c(F)c4c3F)c3c(F)c(F)c4c(F)c(F)c(F)c(F)c4c3F)c(F)c(F)c2c1F.Fc1c(F)c(F)c2c(F)c(B(c3c(F)c(F)c4c(F)c(F)c(F)c(F)c4c3F)c3c(F)c(F)c4c(F)c(F)c(F)c(F)c4c3F)c(F)c(F)c2c1F.[C-]#N. The highest BCUT2D eigenvalue weighted by molar-refractivity contribution is 6.97. The second-order valence-corrected chi connectivity index (χ2v) is 21.0. The van der Waals surface area contributed by atoms with Crippen molar-refractivity contribution in [1.29, 1.82) is 5.26 Å². The third kappa shape index (κ3) is 10.2. The monoisotopic (exact) mass is 1570 g/mol. The molecule has 0 amide bonds. The van der Waals surface area contributed by atoms with Crippen LogP contribution in [0.3, 0.4) is 0 Å². The molecule has 0 saturated carbocycles. The quantitative estimate of drug-likeness (QED) is 0.0535.